The minimum absolute atomic E-state index is 0.0259. The molecule has 3 N–H and O–H groups in total. The van der Waals surface area contributed by atoms with E-state index in [-0.39, 0.29) is 11.9 Å². The highest BCUT2D eigenvalue weighted by molar-refractivity contribution is 7.99. The second-order valence-electron chi connectivity index (χ2n) is 6.91. The van der Waals surface area contributed by atoms with Crippen molar-refractivity contribution in [1.82, 2.24) is 5.32 Å². The van der Waals surface area contributed by atoms with Gasteiger partial charge in [-0.25, -0.2) is 0 Å². The average molecular weight is 422 g/mol. The van der Waals surface area contributed by atoms with Gasteiger partial charge in [0.15, 0.2) is 0 Å². The maximum Gasteiger partial charge on any atom is 0.486 e. The van der Waals surface area contributed by atoms with Crippen LogP contribution in [0, 0.1) is 20.4 Å². The van der Waals surface area contributed by atoms with Crippen molar-refractivity contribution in [3.63, 3.8) is 0 Å². The largest absolute Gasteiger partial charge is 0.493 e. The van der Waals surface area contributed by atoms with Crippen molar-refractivity contribution in [1.29, 1.82) is 0 Å². The molecule has 0 saturated carbocycles. The van der Waals surface area contributed by atoms with Gasteiger partial charge in [0.25, 0.3) is 5.91 Å². The Morgan fingerprint density at radius 2 is 2.03 bits per heavy atom. The number of benzene rings is 2. The minimum atomic E-state index is -0.128. The number of carbonyl (C=O) groups excluding carboxylic acids is 1. The Morgan fingerprint density at radius 1 is 1.23 bits per heavy atom. The van der Waals surface area contributed by atoms with Crippen LogP contribution in [0.3, 0.4) is 0 Å². The molecule has 0 fully saturated rings. The number of guanidine groups is 1. The summed E-state index contributed by atoms with van der Waals surface area (Å²) in [5.41, 5.74) is 9.72. The number of hydrogen-bond donors (Lipinski definition) is 2. The molecule has 30 heavy (non-hydrogen) atoms. The number of thioether (sulfide) groups is 1. The summed E-state index contributed by atoms with van der Waals surface area (Å²) < 4.78 is 5.81. The summed E-state index contributed by atoms with van der Waals surface area (Å²) in [4.78, 5) is 21.7. The molecule has 0 aliphatic carbocycles. The smallest absolute Gasteiger partial charge is 0.486 e. The SMILES string of the molecule is C#[N+]C(N)=N/C1=C\CSc2cccc(c2)OCCCNC(=O)c2cc1c(C)cc2C. The molecule has 0 radical (unpaired) electrons. The van der Waals surface area contributed by atoms with E-state index in [9.17, 15) is 4.79 Å². The van der Waals surface area contributed by atoms with Gasteiger partial charge in [-0.3, -0.25) is 10.5 Å². The fourth-order valence-corrected chi connectivity index (χ4v) is 3.98. The van der Waals surface area contributed by atoms with Crippen molar-refractivity contribution >= 4 is 29.3 Å². The van der Waals surface area contributed by atoms with Gasteiger partial charge in [0.05, 0.1) is 13.2 Å². The van der Waals surface area contributed by atoms with Gasteiger partial charge in [0.2, 0.25) is 0 Å². The number of fused-ring (bicyclic) bond motifs is 4. The van der Waals surface area contributed by atoms with E-state index in [4.69, 9.17) is 17.0 Å². The van der Waals surface area contributed by atoms with E-state index in [1.807, 2.05) is 56.3 Å². The maximum atomic E-state index is 12.8. The van der Waals surface area contributed by atoms with E-state index in [2.05, 4.69) is 15.2 Å². The van der Waals surface area contributed by atoms with Gasteiger partial charge in [-0.15, -0.1) is 11.8 Å². The number of hydrogen-bond acceptors (Lipinski definition) is 4. The topological polar surface area (TPSA) is 81.1 Å². The second-order valence-corrected chi connectivity index (χ2v) is 8.01. The normalized spacial score (nSPS) is 17.2. The van der Waals surface area contributed by atoms with Gasteiger partial charge in [0.1, 0.15) is 11.4 Å². The monoisotopic (exact) mass is 421 g/mol. The summed E-state index contributed by atoms with van der Waals surface area (Å²) in [5.74, 6) is 1.30. The zero-order valence-electron chi connectivity index (χ0n) is 17.1. The molecule has 6 nitrogen and oxygen atoms in total. The molecule has 1 aliphatic heterocycles. The molecule has 0 atom stereocenters. The lowest BCUT2D eigenvalue weighted by atomic mass is 9.97. The summed E-state index contributed by atoms with van der Waals surface area (Å²) >= 11 is 1.65. The predicted molar refractivity (Wildman–Crippen MR) is 123 cm³/mol. The number of nitrogens with two attached hydrogens (primary N) is 1. The number of carbonyl (C=O) groups is 1. The lowest BCUT2D eigenvalue weighted by Gasteiger charge is -2.13. The van der Waals surface area contributed by atoms with Gasteiger partial charge in [-0.05, 0) is 61.7 Å². The van der Waals surface area contributed by atoms with Crippen LogP contribution in [0.5, 0.6) is 5.75 Å². The molecule has 2 aromatic rings. The second kappa shape index (κ2) is 9.99. The molecule has 2 aromatic carbocycles. The molecule has 1 heterocycles. The van der Waals surface area contributed by atoms with E-state index < -0.39 is 0 Å². The lowest BCUT2D eigenvalue weighted by Crippen LogP contribution is -2.26. The van der Waals surface area contributed by atoms with Crippen LogP contribution in [-0.4, -0.2) is 30.8 Å². The molecule has 3 rings (SSSR count). The summed E-state index contributed by atoms with van der Waals surface area (Å²) in [7, 11) is 0. The molecule has 1 amide bonds. The Hall–Kier alpha value is -3.24. The number of nitrogens with one attached hydrogen (secondary N) is 1. The van der Waals surface area contributed by atoms with E-state index in [0.717, 1.165) is 27.3 Å². The van der Waals surface area contributed by atoms with E-state index in [1.165, 1.54) is 0 Å². The molecule has 0 spiro atoms. The predicted octanol–water partition coefficient (Wildman–Crippen LogP) is 4.23. The molecule has 4 bridgehead atoms. The lowest BCUT2D eigenvalue weighted by molar-refractivity contribution is 0.0951. The van der Waals surface area contributed by atoms with Crippen LogP contribution in [0.4, 0.5) is 0 Å². The first-order valence-electron chi connectivity index (χ1n) is 9.68. The Balaban J connectivity index is 2.06. The van der Waals surface area contributed by atoms with Gasteiger partial charge in [0, 0.05) is 28.3 Å². The van der Waals surface area contributed by atoms with E-state index >= 15 is 0 Å². The van der Waals surface area contributed by atoms with Crippen LogP contribution in [-0.2, 0) is 0 Å². The first-order valence-corrected chi connectivity index (χ1v) is 10.7. The Labute approximate surface area is 181 Å². The van der Waals surface area contributed by atoms with Crippen LogP contribution in [0.15, 0.2) is 52.4 Å². The van der Waals surface area contributed by atoms with Crippen LogP contribution < -0.4 is 15.8 Å². The Morgan fingerprint density at radius 3 is 2.83 bits per heavy atom. The average Bonchev–Trinajstić information content (AvgIpc) is 2.72. The molecule has 0 saturated heterocycles. The molecular formula is C23H25N4O2S+. The van der Waals surface area contributed by atoms with Crippen molar-refractivity contribution in [2.24, 2.45) is 10.7 Å². The van der Waals surface area contributed by atoms with Crippen molar-refractivity contribution in [3.05, 3.63) is 69.6 Å². The fourth-order valence-electron chi connectivity index (χ4n) is 3.17. The molecule has 0 unspecified atom stereocenters. The zero-order valence-corrected chi connectivity index (χ0v) is 18.0. The number of ether oxygens (including phenoxy) is 1. The zero-order chi connectivity index (χ0) is 21.5. The third-order valence-electron chi connectivity index (χ3n) is 4.67. The number of nitrogens with zero attached hydrogens (tertiary/aromatic N) is 2. The molecule has 1 aliphatic rings. The van der Waals surface area contributed by atoms with Crippen LogP contribution in [0.25, 0.3) is 10.5 Å². The highest BCUT2D eigenvalue weighted by Gasteiger charge is 2.17. The third kappa shape index (κ3) is 5.43. The summed E-state index contributed by atoms with van der Waals surface area (Å²) in [5, 5.41) is 2.97. The quantitative estimate of drug-likeness (QED) is 0.533. The van der Waals surface area contributed by atoms with Gasteiger partial charge < -0.3 is 10.1 Å². The van der Waals surface area contributed by atoms with E-state index in [1.54, 1.807) is 11.8 Å². The maximum absolute atomic E-state index is 12.8. The van der Waals surface area contributed by atoms with Gasteiger partial charge in [-0.2, -0.15) is 4.85 Å². The number of rotatable bonds is 1. The molecule has 154 valence electrons. The standard InChI is InChI=1S/C23H24N4O2S/c1-15-12-16(2)20-14-19(15)21(27-23(24)25-3)8-11-30-18-7-4-6-17(13-18)29-10-5-9-26-22(20)28/h3-4,6-8,12-14H,5,9-11H2,1-2H3,(H2-,24,26,27,28)/p+1/b21-8-. The van der Waals surface area contributed by atoms with Crippen LogP contribution in [0.2, 0.25) is 0 Å². The first-order chi connectivity index (χ1) is 14.5. The van der Waals surface area contributed by atoms with Gasteiger partial charge >= 0.3 is 5.96 Å². The Kier molecular flexibility index (Phi) is 7.15. The molecule has 7 heteroatoms. The van der Waals surface area contributed by atoms with Crippen molar-refractivity contribution in [2.45, 2.75) is 25.2 Å². The number of aryl methyl sites for hydroxylation is 2. The van der Waals surface area contributed by atoms with Crippen molar-refractivity contribution in [2.75, 3.05) is 18.9 Å². The Bertz CT molecular complexity index is 1050. The summed E-state index contributed by atoms with van der Waals surface area (Å²) in [6, 6.07) is 11.8. The fraction of sp³-hybridized carbons (Fsp3) is 0.261. The van der Waals surface area contributed by atoms with Crippen LogP contribution >= 0.6 is 11.8 Å². The van der Waals surface area contributed by atoms with E-state index in [0.29, 0.717) is 36.6 Å². The van der Waals surface area contributed by atoms with Crippen molar-refractivity contribution in [3.8, 4) is 12.3 Å². The number of amides is 1. The van der Waals surface area contributed by atoms with Crippen molar-refractivity contribution < 1.29 is 9.53 Å². The van der Waals surface area contributed by atoms with Gasteiger partial charge in [-0.1, -0.05) is 17.1 Å². The molecule has 0 aromatic heterocycles. The number of aliphatic imine (C=N–C) groups is 1. The minimum Gasteiger partial charge on any atom is -0.493 e. The summed E-state index contributed by atoms with van der Waals surface area (Å²) in [6.45, 7) is 10.3. The highest BCUT2D eigenvalue weighted by Crippen LogP contribution is 2.28. The summed E-state index contributed by atoms with van der Waals surface area (Å²) in [6.07, 6.45) is 2.67. The van der Waals surface area contributed by atoms with Crippen LogP contribution in [0.1, 0.15) is 33.5 Å². The highest BCUT2D eigenvalue weighted by atomic mass is 32.2. The third-order valence-corrected chi connectivity index (χ3v) is 5.59. The first kappa shape index (κ1) is 21.5. The molecular weight excluding hydrogens is 396 g/mol.